The number of epoxide rings is 1. The molecule has 1 aliphatic heterocycles. The number of amides is 3. The maximum Gasteiger partial charge on any atom is 0.404 e. The molecule has 0 unspecified atom stereocenters. The Morgan fingerprint density at radius 1 is 1.31 bits per heavy atom. The van der Waals surface area contributed by atoms with Gasteiger partial charge in [0.1, 0.15) is 0 Å². The van der Waals surface area contributed by atoms with Crippen molar-refractivity contribution in [2.45, 2.75) is 6.92 Å². The summed E-state index contributed by atoms with van der Waals surface area (Å²) in [5, 5.41) is 0. The lowest BCUT2D eigenvalue weighted by Gasteiger charge is -1.89. The van der Waals surface area contributed by atoms with E-state index in [-0.39, 0.29) is 0 Å². The van der Waals surface area contributed by atoms with Gasteiger partial charge < -0.3 is 26.7 Å². The first kappa shape index (κ1) is 14.0. The third kappa shape index (κ3) is 121. The van der Waals surface area contributed by atoms with E-state index in [0.717, 1.165) is 13.2 Å². The summed E-state index contributed by atoms with van der Waals surface area (Å²) >= 11 is 0. The van der Waals surface area contributed by atoms with Crippen molar-refractivity contribution in [2.75, 3.05) is 19.8 Å². The van der Waals surface area contributed by atoms with Crippen LogP contribution in [0.3, 0.4) is 0 Å². The normalized spacial score (nSPS) is 10.8. The molecule has 0 bridgehead atoms. The number of rotatable bonds is 1. The summed E-state index contributed by atoms with van der Waals surface area (Å²) < 4.78 is 8.68. The summed E-state index contributed by atoms with van der Waals surface area (Å²) in [6, 6.07) is -0.833. The van der Waals surface area contributed by atoms with Gasteiger partial charge in [-0.05, 0) is 6.92 Å². The average molecular weight is 193 g/mol. The molecule has 1 fully saturated rings. The minimum absolute atomic E-state index is 0.356. The summed E-state index contributed by atoms with van der Waals surface area (Å²) in [7, 11) is 0. The molecule has 0 radical (unpaired) electrons. The maximum absolute atomic E-state index is 9.60. The highest BCUT2D eigenvalue weighted by atomic mass is 16.6. The van der Waals surface area contributed by atoms with Crippen LogP contribution in [0.4, 0.5) is 9.59 Å². The van der Waals surface area contributed by atoms with E-state index in [0.29, 0.717) is 6.61 Å². The monoisotopic (exact) mass is 193 g/mol. The molecular weight excluding hydrogens is 178 g/mol. The van der Waals surface area contributed by atoms with E-state index < -0.39 is 12.1 Å². The van der Waals surface area contributed by atoms with Crippen molar-refractivity contribution in [2.24, 2.45) is 17.2 Å². The summed E-state index contributed by atoms with van der Waals surface area (Å²) in [4.78, 5) is 18.6. The van der Waals surface area contributed by atoms with Crippen LogP contribution in [0.2, 0.25) is 0 Å². The number of carbonyl (C=O) groups excluding carboxylic acids is 2. The molecule has 0 aliphatic carbocycles. The van der Waals surface area contributed by atoms with E-state index in [9.17, 15) is 4.79 Å². The Bertz CT molecular complexity index is 142. The third-order valence-corrected chi connectivity index (χ3v) is 0.491. The molecule has 1 rings (SSSR count). The Morgan fingerprint density at radius 3 is 1.62 bits per heavy atom. The largest absolute Gasteiger partial charge is 0.450 e. The topological polar surface area (TPSA) is 134 Å². The molecule has 0 atom stereocenters. The smallest absolute Gasteiger partial charge is 0.404 e. The number of nitrogens with two attached hydrogens (primary N) is 3. The molecule has 7 heteroatoms. The fraction of sp³-hybridized carbons (Fsp3) is 0.667. The van der Waals surface area contributed by atoms with E-state index in [4.69, 9.17) is 4.79 Å². The molecule has 0 aromatic heterocycles. The predicted octanol–water partition coefficient (Wildman–Crippen LogP) is -0.858. The molecule has 78 valence electrons. The van der Waals surface area contributed by atoms with Crippen LogP contribution in [0, 0.1) is 0 Å². The average Bonchev–Trinajstić information content (AvgIpc) is 2.67. The second-order valence-corrected chi connectivity index (χ2v) is 1.77. The second kappa shape index (κ2) is 10.5. The first-order valence-corrected chi connectivity index (χ1v) is 3.55. The van der Waals surface area contributed by atoms with Gasteiger partial charge >= 0.3 is 12.1 Å². The number of primary amides is 3. The van der Waals surface area contributed by atoms with Crippen LogP contribution in [-0.2, 0) is 9.47 Å². The van der Waals surface area contributed by atoms with Gasteiger partial charge in [-0.25, -0.2) is 9.59 Å². The van der Waals surface area contributed by atoms with E-state index in [2.05, 4.69) is 26.7 Å². The first-order chi connectivity index (χ1) is 6.00. The molecular formula is C6H15N3O4. The van der Waals surface area contributed by atoms with Gasteiger partial charge in [0.2, 0.25) is 0 Å². The third-order valence-electron chi connectivity index (χ3n) is 0.491. The highest BCUT2D eigenvalue weighted by Crippen LogP contribution is 1.84. The zero-order valence-electron chi connectivity index (χ0n) is 7.49. The molecule has 0 spiro atoms. The molecule has 3 amide bonds. The molecule has 1 aliphatic rings. The van der Waals surface area contributed by atoms with Crippen molar-refractivity contribution < 1.29 is 19.1 Å². The Balaban J connectivity index is 0. The molecule has 0 aromatic carbocycles. The Labute approximate surface area is 76.1 Å². The van der Waals surface area contributed by atoms with Crippen molar-refractivity contribution in [3.63, 3.8) is 0 Å². The van der Waals surface area contributed by atoms with Crippen LogP contribution in [0.15, 0.2) is 0 Å². The van der Waals surface area contributed by atoms with Crippen molar-refractivity contribution in [3.8, 4) is 0 Å². The summed E-state index contributed by atoms with van der Waals surface area (Å²) in [5.41, 5.74) is 13.0. The Hall–Kier alpha value is -1.50. The van der Waals surface area contributed by atoms with Crippen molar-refractivity contribution in [1.82, 2.24) is 0 Å². The minimum Gasteiger partial charge on any atom is -0.450 e. The molecule has 1 heterocycles. The molecule has 7 nitrogen and oxygen atoms in total. The van der Waals surface area contributed by atoms with E-state index in [1.807, 2.05) is 0 Å². The maximum atomic E-state index is 9.60. The van der Waals surface area contributed by atoms with Crippen LogP contribution < -0.4 is 17.2 Å². The van der Waals surface area contributed by atoms with Crippen molar-refractivity contribution in [3.05, 3.63) is 0 Å². The van der Waals surface area contributed by atoms with Gasteiger partial charge in [-0.3, -0.25) is 0 Å². The zero-order valence-corrected chi connectivity index (χ0v) is 7.49. The fourth-order valence-corrected chi connectivity index (χ4v) is 0.142. The summed E-state index contributed by atoms with van der Waals surface area (Å²) in [6.45, 7) is 4.06. The summed E-state index contributed by atoms with van der Waals surface area (Å²) in [5.74, 6) is 0. The first-order valence-electron chi connectivity index (χ1n) is 3.55. The molecule has 13 heavy (non-hydrogen) atoms. The zero-order chi connectivity index (χ0) is 10.7. The van der Waals surface area contributed by atoms with Crippen LogP contribution in [0.1, 0.15) is 6.92 Å². The van der Waals surface area contributed by atoms with Gasteiger partial charge in [-0.2, -0.15) is 0 Å². The number of hydrogen-bond acceptors (Lipinski definition) is 4. The van der Waals surface area contributed by atoms with Gasteiger partial charge in [0, 0.05) is 0 Å². The molecule has 0 aromatic rings. The number of hydrogen-bond donors (Lipinski definition) is 3. The van der Waals surface area contributed by atoms with Gasteiger partial charge in [0.25, 0.3) is 0 Å². The molecule has 0 saturated carbocycles. The molecule has 1 saturated heterocycles. The van der Waals surface area contributed by atoms with Crippen LogP contribution >= 0.6 is 0 Å². The standard InChI is InChI=1S/C3H7NO2.C2H4O.CH4N2O/c1-2-6-3(4)5;1-2-3-1;2-1(3)4/h2H2,1H3,(H2,4,5);1-2H2;(H4,2,3,4). The second-order valence-electron chi connectivity index (χ2n) is 1.77. The van der Waals surface area contributed by atoms with Crippen LogP contribution in [0.25, 0.3) is 0 Å². The quantitative estimate of drug-likeness (QED) is 0.467. The van der Waals surface area contributed by atoms with Gasteiger partial charge in [-0.1, -0.05) is 0 Å². The molecule has 6 N–H and O–H groups in total. The fourth-order valence-electron chi connectivity index (χ4n) is 0.142. The SMILES string of the molecule is C1CO1.CCOC(N)=O.NC(N)=O. The lowest BCUT2D eigenvalue weighted by atomic mass is 10.9. The minimum atomic E-state index is -0.833. The highest BCUT2D eigenvalue weighted by molar-refractivity contribution is 5.69. The van der Waals surface area contributed by atoms with Crippen LogP contribution in [-0.4, -0.2) is 31.9 Å². The van der Waals surface area contributed by atoms with Gasteiger partial charge in [0.15, 0.2) is 0 Å². The van der Waals surface area contributed by atoms with E-state index in [1.165, 1.54) is 0 Å². The van der Waals surface area contributed by atoms with E-state index >= 15 is 0 Å². The van der Waals surface area contributed by atoms with Gasteiger partial charge in [0.05, 0.1) is 19.8 Å². The van der Waals surface area contributed by atoms with Crippen molar-refractivity contribution >= 4 is 12.1 Å². The van der Waals surface area contributed by atoms with E-state index in [1.54, 1.807) is 6.92 Å². The summed E-state index contributed by atoms with van der Waals surface area (Å²) in [6.07, 6.45) is -0.711. The lowest BCUT2D eigenvalue weighted by Crippen LogP contribution is -2.18. The Morgan fingerprint density at radius 2 is 1.62 bits per heavy atom. The van der Waals surface area contributed by atoms with Crippen molar-refractivity contribution in [1.29, 1.82) is 0 Å². The number of urea groups is 1. The Kier molecular flexibility index (Phi) is 11.3. The number of ether oxygens (including phenoxy) is 2. The predicted molar refractivity (Wildman–Crippen MR) is 45.8 cm³/mol. The number of carbonyl (C=O) groups is 2. The van der Waals surface area contributed by atoms with Gasteiger partial charge in [-0.15, -0.1) is 0 Å². The lowest BCUT2D eigenvalue weighted by molar-refractivity contribution is 0.163. The van der Waals surface area contributed by atoms with Crippen LogP contribution in [0.5, 0.6) is 0 Å². The highest BCUT2D eigenvalue weighted by Gasteiger charge is 1.94.